The first kappa shape index (κ1) is 11.7. The monoisotopic (exact) mass is 252 g/mol. The van der Waals surface area contributed by atoms with Crippen LogP contribution in [0.25, 0.3) is 0 Å². The van der Waals surface area contributed by atoms with Crippen molar-refractivity contribution in [3.8, 4) is 0 Å². The van der Waals surface area contributed by atoms with Gasteiger partial charge < -0.3 is 10.1 Å². The molecule has 0 radical (unpaired) electrons. The van der Waals surface area contributed by atoms with E-state index >= 15 is 0 Å². The van der Waals surface area contributed by atoms with Crippen molar-refractivity contribution in [3.05, 3.63) is 22.4 Å². The van der Waals surface area contributed by atoms with Crippen LogP contribution in [0.2, 0.25) is 0 Å². The number of ether oxygens (including phenoxy) is 1. The minimum absolute atomic E-state index is 0.295. The van der Waals surface area contributed by atoms with Crippen molar-refractivity contribution >= 4 is 11.3 Å². The van der Waals surface area contributed by atoms with Crippen molar-refractivity contribution in [2.45, 2.75) is 31.0 Å². The lowest BCUT2D eigenvalue weighted by Gasteiger charge is -2.39. The largest absolute Gasteiger partial charge is 0.374 e. The first-order valence-corrected chi connectivity index (χ1v) is 7.36. The smallest absolute Gasteiger partial charge is 0.0896 e. The highest BCUT2D eigenvalue weighted by Crippen LogP contribution is 2.30. The first-order valence-electron chi connectivity index (χ1n) is 6.42. The lowest BCUT2D eigenvalue weighted by molar-refractivity contribution is -0.0613. The first-order chi connectivity index (χ1) is 8.34. The van der Waals surface area contributed by atoms with Gasteiger partial charge in [-0.25, -0.2) is 0 Å². The molecular formula is C13H20N2OS. The Labute approximate surface area is 107 Å². The zero-order valence-corrected chi connectivity index (χ0v) is 11.1. The molecule has 0 spiro atoms. The molecule has 1 N–H and O–H groups in total. The lowest BCUT2D eigenvalue weighted by Crippen LogP contribution is -2.47. The maximum Gasteiger partial charge on any atom is 0.0896 e. The van der Waals surface area contributed by atoms with Crippen LogP contribution in [0.3, 0.4) is 0 Å². The molecule has 1 aliphatic carbocycles. The molecule has 1 saturated heterocycles. The normalized spacial score (nSPS) is 30.6. The van der Waals surface area contributed by atoms with Gasteiger partial charge in [-0.05, 0) is 42.3 Å². The van der Waals surface area contributed by atoms with Gasteiger partial charge >= 0.3 is 0 Å². The number of nitrogens with zero attached hydrogens (tertiary/aromatic N) is 1. The van der Waals surface area contributed by atoms with Crippen LogP contribution in [0.1, 0.15) is 24.4 Å². The highest BCUT2D eigenvalue weighted by molar-refractivity contribution is 7.07. The predicted molar refractivity (Wildman–Crippen MR) is 70.5 cm³/mol. The van der Waals surface area contributed by atoms with E-state index in [2.05, 4.69) is 34.1 Å². The van der Waals surface area contributed by atoms with Gasteiger partial charge in [0.1, 0.15) is 0 Å². The summed E-state index contributed by atoms with van der Waals surface area (Å²) in [4.78, 5) is 2.42. The summed E-state index contributed by atoms with van der Waals surface area (Å²) in [6.45, 7) is 2.87. The molecule has 2 heterocycles. The van der Waals surface area contributed by atoms with Gasteiger partial charge in [0.15, 0.2) is 0 Å². The molecular weight excluding hydrogens is 232 g/mol. The molecule has 94 valence electrons. The van der Waals surface area contributed by atoms with Gasteiger partial charge in [0.2, 0.25) is 0 Å². The number of hydrogen-bond acceptors (Lipinski definition) is 4. The van der Waals surface area contributed by atoms with Crippen molar-refractivity contribution < 1.29 is 4.74 Å². The Morgan fingerprint density at radius 1 is 1.53 bits per heavy atom. The average molecular weight is 252 g/mol. The minimum Gasteiger partial charge on any atom is -0.374 e. The van der Waals surface area contributed by atoms with Gasteiger partial charge in [-0.2, -0.15) is 11.3 Å². The Morgan fingerprint density at radius 2 is 2.41 bits per heavy atom. The summed E-state index contributed by atoms with van der Waals surface area (Å²) in [6.07, 6.45) is 2.97. The van der Waals surface area contributed by atoms with Crippen LogP contribution in [0.15, 0.2) is 16.8 Å². The Hall–Kier alpha value is -0.420. The van der Waals surface area contributed by atoms with Crippen LogP contribution in [0.4, 0.5) is 0 Å². The molecule has 3 rings (SSSR count). The van der Waals surface area contributed by atoms with Gasteiger partial charge in [0.25, 0.3) is 0 Å². The summed E-state index contributed by atoms with van der Waals surface area (Å²) in [6, 6.07) is 3.40. The summed E-state index contributed by atoms with van der Waals surface area (Å²) in [5.74, 6) is 0. The number of nitrogens with one attached hydrogen (secondary N) is 1. The minimum atomic E-state index is 0.295. The number of rotatable bonds is 4. The highest BCUT2D eigenvalue weighted by Gasteiger charge is 2.33. The average Bonchev–Trinajstić information content (AvgIpc) is 3.01. The van der Waals surface area contributed by atoms with Crippen LogP contribution in [0, 0.1) is 0 Å². The van der Waals surface area contributed by atoms with Crippen molar-refractivity contribution in [3.63, 3.8) is 0 Å². The Bertz CT molecular complexity index is 350. The van der Waals surface area contributed by atoms with E-state index in [0.29, 0.717) is 12.1 Å². The highest BCUT2D eigenvalue weighted by atomic mass is 32.1. The zero-order valence-electron chi connectivity index (χ0n) is 10.3. The third-order valence-corrected chi connectivity index (χ3v) is 4.37. The second kappa shape index (κ2) is 5.06. The fourth-order valence-corrected chi connectivity index (χ4v) is 3.20. The van der Waals surface area contributed by atoms with Gasteiger partial charge in [0.05, 0.1) is 18.8 Å². The van der Waals surface area contributed by atoms with Crippen LogP contribution in [-0.4, -0.2) is 43.8 Å². The molecule has 1 aliphatic heterocycles. The van der Waals surface area contributed by atoms with Crippen LogP contribution < -0.4 is 5.32 Å². The summed E-state index contributed by atoms with van der Waals surface area (Å²) < 4.78 is 5.96. The van der Waals surface area contributed by atoms with E-state index in [0.717, 1.165) is 25.7 Å². The zero-order chi connectivity index (χ0) is 11.7. The molecule has 3 nitrogen and oxygen atoms in total. The molecule has 0 bridgehead atoms. The summed E-state index contributed by atoms with van der Waals surface area (Å²) >= 11 is 1.77. The molecule has 1 aromatic rings. The molecule has 0 aromatic carbocycles. The van der Waals surface area contributed by atoms with Crippen molar-refractivity contribution in [1.29, 1.82) is 0 Å². The summed E-state index contributed by atoms with van der Waals surface area (Å²) in [5, 5.41) is 8.00. The Kier molecular flexibility index (Phi) is 3.47. The van der Waals surface area contributed by atoms with E-state index < -0.39 is 0 Å². The third kappa shape index (κ3) is 2.71. The number of thiophene rings is 1. The molecule has 0 amide bonds. The molecule has 2 unspecified atom stereocenters. The van der Waals surface area contributed by atoms with E-state index in [1.165, 1.54) is 18.4 Å². The van der Waals surface area contributed by atoms with Gasteiger partial charge in [0, 0.05) is 19.1 Å². The maximum absolute atomic E-state index is 5.96. The number of hydrogen-bond donors (Lipinski definition) is 1. The van der Waals surface area contributed by atoms with Gasteiger partial charge in [-0.15, -0.1) is 0 Å². The van der Waals surface area contributed by atoms with E-state index in [1.807, 2.05) is 0 Å². The molecule has 4 heteroatoms. The SMILES string of the molecule is CN1CCOC(CNC2CC2)C1c1ccsc1. The molecule has 2 aliphatic rings. The van der Waals surface area contributed by atoms with Gasteiger partial charge in [-0.1, -0.05) is 0 Å². The molecule has 1 saturated carbocycles. The van der Waals surface area contributed by atoms with Crippen LogP contribution in [-0.2, 0) is 4.74 Å². The topological polar surface area (TPSA) is 24.5 Å². The van der Waals surface area contributed by atoms with Crippen LogP contribution in [0.5, 0.6) is 0 Å². The van der Waals surface area contributed by atoms with E-state index in [-0.39, 0.29) is 0 Å². The number of likely N-dealkylation sites (N-methyl/N-ethyl adjacent to an activating group) is 1. The quantitative estimate of drug-likeness (QED) is 0.885. The van der Waals surface area contributed by atoms with E-state index in [1.54, 1.807) is 11.3 Å². The predicted octanol–water partition coefficient (Wildman–Crippen LogP) is 1.87. The standard InChI is InChI=1S/C13H20N2OS/c1-15-5-6-16-12(8-14-11-2-3-11)13(15)10-4-7-17-9-10/h4,7,9,11-14H,2-3,5-6,8H2,1H3. The van der Waals surface area contributed by atoms with Gasteiger partial charge in [-0.3, -0.25) is 4.90 Å². The Balaban J connectivity index is 1.69. The fourth-order valence-electron chi connectivity index (χ4n) is 2.52. The Morgan fingerprint density at radius 3 is 3.12 bits per heavy atom. The lowest BCUT2D eigenvalue weighted by atomic mass is 10.0. The summed E-state index contributed by atoms with van der Waals surface area (Å²) in [5.41, 5.74) is 1.40. The van der Waals surface area contributed by atoms with E-state index in [4.69, 9.17) is 4.74 Å². The fraction of sp³-hybridized carbons (Fsp3) is 0.692. The van der Waals surface area contributed by atoms with Crippen molar-refractivity contribution in [2.75, 3.05) is 26.7 Å². The van der Waals surface area contributed by atoms with Crippen molar-refractivity contribution in [2.24, 2.45) is 0 Å². The second-order valence-corrected chi connectivity index (χ2v) is 5.85. The second-order valence-electron chi connectivity index (χ2n) is 5.07. The molecule has 17 heavy (non-hydrogen) atoms. The van der Waals surface area contributed by atoms with E-state index in [9.17, 15) is 0 Å². The van der Waals surface area contributed by atoms with Crippen molar-refractivity contribution in [1.82, 2.24) is 10.2 Å². The summed E-state index contributed by atoms with van der Waals surface area (Å²) in [7, 11) is 2.20. The maximum atomic E-state index is 5.96. The van der Waals surface area contributed by atoms with Crippen LogP contribution >= 0.6 is 11.3 Å². The number of morpholine rings is 1. The molecule has 2 atom stereocenters. The molecule has 1 aromatic heterocycles. The molecule has 2 fully saturated rings. The third-order valence-electron chi connectivity index (χ3n) is 3.67.